The van der Waals surface area contributed by atoms with E-state index in [2.05, 4.69) is 20.3 Å². The lowest BCUT2D eigenvalue weighted by Gasteiger charge is -2.00. The molecule has 0 aliphatic carbocycles. The number of carbonyl (C=O) groups is 2. The van der Waals surface area contributed by atoms with Gasteiger partial charge < -0.3 is 20.5 Å². The van der Waals surface area contributed by atoms with E-state index in [1.165, 1.54) is 16.9 Å². The fourth-order valence-corrected chi connectivity index (χ4v) is 3.56. The summed E-state index contributed by atoms with van der Waals surface area (Å²) in [4.78, 5) is 34.9. The number of primary amides is 1. The molecule has 0 fully saturated rings. The molecule has 8 nitrogen and oxygen atoms in total. The second kappa shape index (κ2) is 8.34. The monoisotopic (exact) mass is 421 g/mol. The Bertz CT molecular complexity index is 1190. The van der Waals surface area contributed by atoms with Crippen LogP contribution in [-0.2, 0) is 11.2 Å². The molecule has 2 amide bonds. The number of anilines is 1. The predicted octanol–water partition coefficient (Wildman–Crippen LogP) is 3.77. The van der Waals surface area contributed by atoms with Crippen LogP contribution in [0.2, 0.25) is 0 Å². The molecule has 152 valence electrons. The molecule has 0 saturated heterocycles. The molecular weight excluding hydrogens is 402 g/mol. The zero-order valence-corrected chi connectivity index (χ0v) is 17.0. The summed E-state index contributed by atoms with van der Waals surface area (Å²) < 4.78 is 5.75. The number of nitrogens with two attached hydrogens (primary N) is 1. The van der Waals surface area contributed by atoms with Crippen LogP contribution >= 0.6 is 11.3 Å². The van der Waals surface area contributed by atoms with E-state index in [0.29, 0.717) is 34.6 Å². The maximum atomic E-state index is 12.3. The molecule has 4 rings (SSSR count). The predicted molar refractivity (Wildman–Crippen MR) is 114 cm³/mol. The quantitative estimate of drug-likeness (QED) is 0.419. The molecule has 3 aromatic heterocycles. The number of aromatic amines is 1. The van der Waals surface area contributed by atoms with Gasteiger partial charge in [0.25, 0.3) is 5.91 Å². The second-order valence-electron chi connectivity index (χ2n) is 6.74. The first-order chi connectivity index (χ1) is 14.5. The van der Waals surface area contributed by atoms with Gasteiger partial charge in [-0.15, -0.1) is 11.3 Å². The van der Waals surface area contributed by atoms with E-state index in [4.69, 9.17) is 10.2 Å². The number of hydrogen-bond donors (Lipinski definition) is 3. The Kier molecular flexibility index (Phi) is 5.44. The van der Waals surface area contributed by atoms with Gasteiger partial charge in [0.2, 0.25) is 5.91 Å². The number of H-pyrrole nitrogens is 1. The van der Waals surface area contributed by atoms with Gasteiger partial charge >= 0.3 is 0 Å². The summed E-state index contributed by atoms with van der Waals surface area (Å²) in [5.41, 5.74) is 9.04. The minimum atomic E-state index is -0.540. The molecule has 0 aliphatic rings. The van der Waals surface area contributed by atoms with Crippen molar-refractivity contribution in [3.8, 4) is 22.6 Å². The number of aryl methyl sites for hydroxylation is 2. The molecule has 0 radical (unpaired) electrons. The van der Waals surface area contributed by atoms with Gasteiger partial charge in [-0.1, -0.05) is 29.8 Å². The third kappa shape index (κ3) is 4.47. The second-order valence-corrected chi connectivity index (χ2v) is 7.59. The Hall–Kier alpha value is -3.72. The molecule has 0 unspecified atom stereocenters. The molecular formula is C21H19N5O3S. The van der Waals surface area contributed by atoms with Crippen molar-refractivity contribution in [1.82, 2.24) is 15.0 Å². The number of amides is 2. The van der Waals surface area contributed by atoms with Crippen LogP contribution in [0.1, 0.15) is 28.4 Å². The van der Waals surface area contributed by atoms with Crippen molar-refractivity contribution in [2.45, 2.75) is 19.8 Å². The van der Waals surface area contributed by atoms with E-state index in [9.17, 15) is 9.59 Å². The van der Waals surface area contributed by atoms with Gasteiger partial charge in [-0.2, -0.15) is 0 Å². The third-order valence-corrected chi connectivity index (χ3v) is 5.21. The standard InChI is InChI=1S/C21H19N5O3S/c1-12-2-4-13(5-3-12)17-10-24-19(29-17)7-6-18(27)26-21-25-16(11-30-21)14-8-15(20(22)28)23-9-14/h2-5,8-11,23H,6-7H2,1H3,(H2,22,28)(H,25,26,27). The largest absolute Gasteiger partial charge is 0.441 e. The molecule has 4 N–H and O–H groups in total. The highest BCUT2D eigenvalue weighted by atomic mass is 32.1. The van der Waals surface area contributed by atoms with Crippen molar-refractivity contribution >= 4 is 28.3 Å². The lowest BCUT2D eigenvalue weighted by atomic mass is 10.1. The normalized spacial score (nSPS) is 10.8. The van der Waals surface area contributed by atoms with Crippen LogP contribution in [0.3, 0.4) is 0 Å². The Balaban J connectivity index is 1.32. The van der Waals surface area contributed by atoms with Gasteiger partial charge in [0.05, 0.1) is 11.9 Å². The highest BCUT2D eigenvalue weighted by Gasteiger charge is 2.13. The first-order valence-electron chi connectivity index (χ1n) is 9.23. The highest BCUT2D eigenvalue weighted by Crippen LogP contribution is 2.26. The number of nitrogens with one attached hydrogen (secondary N) is 2. The number of hydrogen-bond acceptors (Lipinski definition) is 6. The summed E-state index contributed by atoms with van der Waals surface area (Å²) in [7, 11) is 0. The highest BCUT2D eigenvalue weighted by molar-refractivity contribution is 7.14. The molecule has 0 saturated carbocycles. The van der Waals surface area contributed by atoms with Crippen LogP contribution in [0.25, 0.3) is 22.6 Å². The van der Waals surface area contributed by atoms with Gasteiger partial charge in [0.1, 0.15) is 5.69 Å². The van der Waals surface area contributed by atoms with Crippen molar-refractivity contribution < 1.29 is 14.0 Å². The van der Waals surface area contributed by atoms with Gasteiger partial charge in [-0.05, 0) is 13.0 Å². The molecule has 4 aromatic rings. The first-order valence-corrected chi connectivity index (χ1v) is 10.1. The average Bonchev–Trinajstić information content (AvgIpc) is 3.47. The number of rotatable bonds is 7. The smallest absolute Gasteiger partial charge is 0.265 e. The van der Waals surface area contributed by atoms with Crippen molar-refractivity contribution in [2.24, 2.45) is 5.73 Å². The van der Waals surface area contributed by atoms with E-state index < -0.39 is 5.91 Å². The summed E-state index contributed by atoms with van der Waals surface area (Å²) in [6, 6.07) is 9.59. The number of nitrogens with zero attached hydrogens (tertiary/aromatic N) is 2. The fraction of sp³-hybridized carbons (Fsp3) is 0.143. The zero-order valence-electron chi connectivity index (χ0n) is 16.1. The van der Waals surface area contributed by atoms with Crippen molar-refractivity contribution in [2.75, 3.05) is 5.32 Å². The number of oxazole rings is 1. The number of aromatic nitrogens is 3. The topological polar surface area (TPSA) is 127 Å². The lowest BCUT2D eigenvalue weighted by molar-refractivity contribution is -0.116. The minimum Gasteiger partial charge on any atom is -0.441 e. The Morgan fingerprint density at radius 2 is 2.03 bits per heavy atom. The summed E-state index contributed by atoms with van der Waals surface area (Å²) in [5.74, 6) is 0.462. The van der Waals surface area contributed by atoms with Crippen LogP contribution in [-0.4, -0.2) is 26.8 Å². The van der Waals surface area contributed by atoms with Crippen LogP contribution in [0.4, 0.5) is 5.13 Å². The molecule has 0 atom stereocenters. The van der Waals surface area contributed by atoms with Crippen molar-refractivity contribution in [1.29, 1.82) is 0 Å². The summed E-state index contributed by atoms with van der Waals surface area (Å²) >= 11 is 1.30. The number of thiazole rings is 1. The Morgan fingerprint density at radius 3 is 2.77 bits per heavy atom. The molecule has 30 heavy (non-hydrogen) atoms. The first kappa shape index (κ1) is 19.6. The molecule has 1 aromatic carbocycles. The maximum Gasteiger partial charge on any atom is 0.265 e. The van der Waals surface area contributed by atoms with Gasteiger partial charge in [-0.3, -0.25) is 9.59 Å². The summed E-state index contributed by atoms with van der Waals surface area (Å²) in [5, 5.41) is 5.05. The SMILES string of the molecule is Cc1ccc(-c2cnc(CCC(=O)Nc3nc(-c4c[nH]c(C(N)=O)c4)cs3)o2)cc1. The van der Waals surface area contributed by atoms with E-state index in [-0.39, 0.29) is 12.3 Å². The molecule has 3 heterocycles. The lowest BCUT2D eigenvalue weighted by Crippen LogP contribution is -2.12. The van der Waals surface area contributed by atoms with Gasteiger partial charge in [0.15, 0.2) is 16.8 Å². The fourth-order valence-electron chi connectivity index (χ4n) is 2.83. The number of benzene rings is 1. The van der Waals surface area contributed by atoms with E-state index in [1.807, 2.05) is 31.2 Å². The van der Waals surface area contributed by atoms with E-state index in [0.717, 1.165) is 11.1 Å². The Morgan fingerprint density at radius 1 is 1.23 bits per heavy atom. The van der Waals surface area contributed by atoms with Gasteiger partial charge in [0, 0.05) is 35.5 Å². The van der Waals surface area contributed by atoms with Crippen LogP contribution in [0, 0.1) is 6.92 Å². The van der Waals surface area contributed by atoms with Crippen LogP contribution in [0.5, 0.6) is 0 Å². The minimum absolute atomic E-state index is 0.183. The molecule has 0 spiro atoms. The molecule has 9 heteroatoms. The van der Waals surface area contributed by atoms with Crippen molar-refractivity contribution in [3.05, 3.63) is 65.3 Å². The number of carbonyl (C=O) groups excluding carboxylic acids is 2. The molecule has 0 bridgehead atoms. The van der Waals surface area contributed by atoms with Gasteiger partial charge in [-0.25, -0.2) is 9.97 Å². The average molecular weight is 421 g/mol. The Labute approximate surface area is 176 Å². The van der Waals surface area contributed by atoms with Crippen LogP contribution in [0.15, 0.2) is 52.5 Å². The van der Waals surface area contributed by atoms with E-state index in [1.54, 1.807) is 23.8 Å². The van der Waals surface area contributed by atoms with Crippen molar-refractivity contribution in [3.63, 3.8) is 0 Å². The van der Waals surface area contributed by atoms with Crippen LogP contribution < -0.4 is 11.1 Å². The molecule has 0 aliphatic heterocycles. The zero-order chi connectivity index (χ0) is 21.1. The van der Waals surface area contributed by atoms with E-state index >= 15 is 0 Å². The maximum absolute atomic E-state index is 12.3. The summed E-state index contributed by atoms with van der Waals surface area (Å²) in [6.45, 7) is 2.02. The third-order valence-electron chi connectivity index (χ3n) is 4.45. The summed E-state index contributed by atoms with van der Waals surface area (Å²) in [6.07, 6.45) is 3.92.